The highest BCUT2D eigenvalue weighted by Crippen LogP contribution is 2.48. The maximum Gasteiger partial charge on any atom is 0.307 e. The van der Waals surface area contributed by atoms with E-state index in [1.165, 1.54) is 0 Å². The van der Waals surface area contributed by atoms with Gasteiger partial charge in [0.2, 0.25) is 5.91 Å². The molecule has 0 spiro atoms. The summed E-state index contributed by atoms with van der Waals surface area (Å²) >= 11 is 1.92. The highest BCUT2D eigenvalue weighted by Gasteiger charge is 2.51. The zero-order chi connectivity index (χ0) is 13.4. The lowest BCUT2D eigenvalue weighted by atomic mass is 9.82. The first kappa shape index (κ1) is 13.0. The van der Waals surface area contributed by atoms with Crippen molar-refractivity contribution >= 4 is 23.6 Å². The Bertz CT molecular complexity index is 417. The molecule has 5 heteroatoms. The van der Waals surface area contributed by atoms with E-state index in [9.17, 15) is 14.7 Å². The minimum atomic E-state index is -0.823. The van der Waals surface area contributed by atoms with Gasteiger partial charge in [-0.15, -0.1) is 0 Å². The van der Waals surface area contributed by atoms with Crippen LogP contribution in [0.25, 0.3) is 0 Å². The summed E-state index contributed by atoms with van der Waals surface area (Å²) in [6.45, 7) is 0. The quantitative estimate of drug-likeness (QED) is 0.770. The average Bonchev–Trinajstić information content (AvgIpc) is 2.99. The van der Waals surface area contributed by atoms with E-state index in [-0.39, 0.29) is 29.7 Å². The molecule has 1 saturated heterocycles. The zero-order valence-electron chi connectivity index (χ0n) is 10.7. The molecule has 1 heterocycles. The van der Waals surface area contributed by atoms with Crippen molar-refractivity contribution in [2.24, 2.45) is 23.7 Å². The smallest absolute Gasteiger partial charge is 0.307 e. The van der Waals surface area contributed by atoms with Gasteiger partial charge < -0.3 is 10.4 Å². The molecule has 2 aliphatic carbocycles. The van der Waals surface area contributed by atoms with E-state index in [4.69, 9.17) is 0 Å². The Morgan fingerprint density at radius 2 is 1.74 bits per heavy atom. The molecule has 4 nitrogen and oxygen atoms in total. The number of nitrogens with one attached hydrogen (secondary N) is 1. The number of allylic oxidation sites excluding steroid dienone is 2. The van der Waals surface area contributed by atoms with Gasteiger partial charge in [-0.1, -0.05) is 12.2 Å². The first-order valence-electron chi connectivity index (χ1n) is 6.96. The van der Waals surface area contributed by atoms with Crippen molar-refractivity contribution in [1.82, 2.24) is 5.32 Å². The molecule has 19 heavy (non-hydrogen) atoms. The molecule has 1 aliphatic heterocycles. The number of fused-ring (bicyclic) bond motifs is 2. The van der Waals surface area contributed by atoms with Gasteiger partial charge in [-0.2, -0.15) is 11.8 Å². The number of rotatable bonds is 3. The maximum absolute atomic E-state index is 12.4. The molecule has 3 rings (SSSR count). The Hall–Kier alpha value is -0.970. The summed E-state index contributed by atoms with van der Waals surface area (Å²) in [4.78, 5) is 23.8. The van der Waals surface area contributed by atoms with E-state index >= 15 is 0 Å². The molecule has 2 N–H and O–H groups in total. The third kappa shape index (κ3) is 2.40. The molecule has 0 aromatic rings. The van der Waals surface area contributed by atoms with Crippen molar-refractivity contribution in [2.45, 2.75) is 25.3 Å². The fourth-order valence-corrected chi connectivity index (χ4v) is 4.76. The van der Waals surface area contributed by atoms with Gasteiger partial charge in [0.15, 0.2) is 0 Å². The van der Waals surface area contributed by atoms with Crippen LogP contribution in [-0.2, 0) is 9.59 Å². The lowest BCUT2D eigenvalue weighted by molar-refractivity contribution is -0.148. The summed E-state index contributed by atoms with van der Waals surface area (Å²) in [6.07, 6.45) is 6.85. The van der Waals surface area contributed by atoms with Crippen LogP contribution in [0.3, 0.4) is 0 Å². The predicted octanol–water partition coefficient (Wildman–Crippen LogP) is 1.52. The summed E-state index contributed by atoms with van der Waals surface area (Å²) in [7, 11) is 0. The van der Waals surface area contributed by atoms with Crippen molar-refractivity contribution in [1.29, 1.82) is 0 Å². The minimum absolute atomic E-state index is 0.0406. The SMILES string of the molecule is O=C(O)[C@@H]1C2C=CC(C2)[C@@H]1C(=O)NC1CCSCC1. The van der Waals surface area contributed by atoms with Crippen LogP contribution in [0.1, 0.15) is 19.3 Å². The molecular formula is C14H19NO3S. The van der Waals surface area contributed by atoms with Crippen molar-refractivity contribution in [3.8, 4) is 0 Å². The summed E-state index contributed by atoms with van der Waals surface area (Å²) < 4.78 is 0. The van der Waals surface area contributed by atoms with Crippen LogP contribution in [0.15, 0.2) is 12.2 Å². The monoisotopic (exact) mass is 281 g/mol. The van der Waals surface area contributed by atoms with E-state index < -0.39 is 11.9 Å². The van der Waals surface area contributed by atoms with E-state index in [0.29, 0.717) is 0 Å². The van der Waals surface area contributed by atoms with Crippen molar-refractivity contribution in [2.75, 3.05) is 11.5 Å². The Labute approximate surface area is 117 Å². The first-order valence-corrected chi connectivity index (χ1v) is 8.11. The normalized spacial score (nSPS) is 37.5. The summed E-state index contributed by atoms with van der Waals surface area (Å²) in [5.74, 6) is 0.616. The Kier molecular flexibility index (Phi) is 3.56. The van der Waals surface area contributed by atoms with Crippen LogP contribution in [0.4, 0.5) is 0 Å². The van der Waals surface area contributed by atoms with Gasteiger partial charge in [0.05, 0.1) is 11.8 Å². The molecule has 4 atom stereocenters. The number of thioether (sulfide) groups is 1. The molecule has 0 aromatic carbocycles. The van der Waals surface area contributed by atoms with E-state index in [0.717, 1.165) is 30.8 Å². The standard InChI is InChI=1S/C14H19NO3S/c16-13(15-10-3-5-19-6-4-10)11-8-1-2-9(7-8)12(11)14(17)18/h1-2,8-12H,3-7H2,(H,15,16)(H,17,18)/t8?,9?,11-,12+/m0/s1. The third-order valence-electron chi connectivity index (χ3n) is 4.61. The zero-order valence-corrected chi connectivity index (χ0v) is 11.6. The first-order chi connectivity index (χ1) is 9.16. The molecular weight excluding hydrogens is 262 g/mol. The lowest BCUT2D eigenvalue weighted by Gasteiger charge is -2.28. The second-order valence-electron chi connectivity index (χ2n) is 5.73. The summed E-state index contributed by atoms with van der Waals surface area (Å²) in [5, 5.41) is 12.4. The second-order valence-corrected chi connectivity index (χ2v) is 6.96. The summed E-state index contributed by atoms with van der Waals surface area (Å²) in [5.41, 5.74) is 0. The minimum Gasteiger partial charge on any atom is -0.481 e. The Balaban J connectivity index is 1.68. The molecule has 2 fully saturated rings. The molecule has 0 aromatic heterocycles. The number of amides is 1. The fraction of sp³-hybridized carbons (Fsp3) is 0.714. The number of carboxylic acids is 1. The molecule has 2 bridgehead atoms. The topological polar surface area (TPSA) is 66.4 Å². The van der Waals surface area contributed by atoms with Gasteiger partial charge in [0.1, 0.15) is 0 Å². The Morgan fingerprint density at radius 1 is 1.11 bits per heavy atom. The van der Waals surface area contributed by atoms with Crippen LogP contribution in [0.5, 0.6) is 0 Å². The van der Waals surface area contributed by atoms with Gasteiger partial charge in [-0.3, -0.25) is 9.59 Å². The van der Waals surface area contributed by atoms with Crippen LogP contribution >= 0.6 is 11.8 Å². The number of carboxylic acid groups (broad SMARTS) is 1. The highest BCUT2D eigenvalue weighted by molar-refractivity contribution is 7.99. The van der Waals surface area contributed by atoms with Gasteiger partial charge >= 0.3 is 5.97 Å². The van der Waals surface area contributed by atoms with E-state index in [1.54, 1.807) is 0 Å². The third-order valence-corrected chi connectivity index (χ3v) is 5.66. The van der Waals surface area contributed by atoms with Gasteiger partial charge in [0.25, 0.3) is 0 Å². The predicted molar refractivity (Wildman–Crippen MR) is 73.8 cm³/mol. The highest BCUT2D eigenvalue weighted by atomic mass is 32.2. The van der Waals surface area contributed by atoms with Crippen molar-refractivity contribution < 1.29 is 14.7 Å². The van der Waals surface area contributed by atoms with Crippen LogP contribution < -0.4 is 5.32 Å². The van der Waals surface area contributed by atoms with E-state index in [2.05, 4.69) is 5.32 Å². The van der Waals surface area contributed by atoms with Gasteiger partial charge in [0, 0.05) is 6.04 Å². The molecule has 0 radical (unpaired) electrons. The molecule has 1 saturated carbocycles. The fourth-order valence-electron chi connectivity index (χ4n) is 3.66. The van der Waals surface area contributed by atoms with Crippen molar-refractivity contribution in [3.63, 3.8) is 0 Å². The maximum atomic E-state index is 12.4. The second kappa shape index (κ2) is 5.19. The van der Waals surface area contributed by atoms with Crippen molar-refractivity contribution in [3.05, 3.63) is 12.2 Å². The molecule has 104 valence electrons. The number of hydrogen-bond acceptors (Lipinski definition) is 3. The van der Waals surface area contributed by atoms with E-state index in [1.807, 2.05) is 23.9 Å². The molecule has 1 amide bonds. The number of aliphatic carboxylic acids is 1. The number of carbonyl (C=O) groups is 2. The van der Waals surface area contributed by atoms with Gasteiger partial charge in [-0.05, 0) is 42.6 Å². The molecule has 2 unspecified atom stereocenters. The van der Waals surface area contributed by atoms with Gasteiger partial charge in [-0.25, -0.2) is 0 Å². The largest absolute Gasteiger partial charge is 0.481 e. The summed E-state index contributed by atoms with van der Waals surface area (Å²) in [6, 6.07) is 0.242. The molecule has 3 aliphatic rings. The number of carbonyl (C=O) groups excluding carboxylic acids is 1. The lowest BCUT2D eigenvalue weighted by Crippen LogP contribution is -2.45. The Morgan fingerprint density at radius 3 is 2.37 bits per heavy atom. The van der Waals surface area contributed by atoms with Crippen LogP contribution in [-0.4, -0.2) is 34.5 Å². The van der Waals surface area contributed by atoms with Crippen LogP contribution in [0.2, 0.25) is 0 Å². The average molecular weight is 281 g/mol. The number of hydrogen-bond donors (Lipinski definition) is 2. The van der Waals surface area contributed by atoms with Crippen LogP contribution in [0, 0.1) is 23.7 Å².